The molecule has 0 amide bonds. The van der Waals surface area contributed by atoms with E-state index in [4.69, 9.17) is 4.42 Å². The van der Waals surface area contributed by atoms with Crippen molar-refractivity contribution in [1.82, 2.24) is 0 Å². The summed E-state index contributed by atoms with van der Waals surface area (Å²) in [6.07, 6.45) is 7.96. The Labute approximate surface area is 484 Å². The second kappa shape index (κ2) is 20.2. The molecule has 5 heteroatoms. The van der Waals surface area contributed by atoms with Crippen molar-refractivity contribution in [3.05, 3.63) is 315 Å². The first kappa shape index (κ1) is 48.3. The van der Waals surface area contributed by atoms with E-state index in [0.29, 0.717) is 0 Å². The van der Waals surface area contributed by atoms with Gasteiger partial charge in [-0.25, -0.2) is 0 Å². The number of hydrogen-bond acceptors (Lipinski definition) is 4. The Morgan fingerprint density at radius 1 is 0.398 bits per heavy atom. The minimum absolute atomic E-state index is 0.0351. The van der Waals surface area contributed by atoms with Crippen molar-refractivity contribution < 1.29 is 4.42 Å². The standard InChI is InChI=1S/C78H54BN3O/c1-6-18-53(19-7-1)58-30-39-63(40-31-58)80(64-41-32-59(33-42-64)54-20-8-2-9-21-54)67-47-49-73-69(51-67)70-52-71-68-28-16-17-29-75(68)83-78(71)77-76(70)79(82(73)66-45-36-61(37-46-66)56-24-12-4-13-25-56)72-50-62(57-26-14-5-15-27-57)38-48-74(72)81(77)65-43-34-60(35-44-65)55-22-10-3-11-23-55/h1-41,43-52,64H,42H2. The number of furan rings is 1. The largest absolute Gasteiger partial charge is 0.454 e. The molecule has 390 valence electrons. The molecule has 1 unspecified atom stereocenters. The van der Waals surface area contributed by atoms with Crippen LogP contribution in [0.15, 0.2) is 314 Å². The summed E-state index contributed by atoms with van der Waals surface area (Å²) in [4.78, 5) is 7.66. The van der Waals surface area contributed by atoms with E-state index in [2.05, 4.69) is 324 Å². The van der Waals surface area contributed by atoms with Gasteiger partial charge in [0.1, 0.15) is 5.58 Å². The summed E-state index contributed by atoms with van der Waals surface area (Å²) in [5, 5.41) is 2.18. The molecule has 83 heavy (non-hydrogen) atoms. The van der Waals surface area contributed by atoms with Gasteiger partial charge in [0.15, 0.2) is 5.58 Å². The SMILES string of the molecule is C1=CC(N(c2ccc(-c3ccccc3)cc2)c2ccc3c(c2)-c2cc4c(oc5ccccc54)c4c2B(c2cc(-c5ccccc5)ccc2N4c2ccc(-c4ccccc4)cc2)N3c2ccc(-c3ccccc3)cc2)CC=C1c1ccccc1. The number of fused-ring (bicyclic) bond motifs is 8. The lowest BCUT2D eigenvalue weighted by atomic mass is 9.43. The number of benzene rings is 12. The summed E-state index contributed by atoms with van der Waals surface area (Å²) < 4.78 is 7.27. The van der Waals surface area contributed by atoms with E-state index in [1.807, 2.05) is 0 Å². The molecule has 3 heterocycles. The molecule has 3 aliphatic rings. The molecular formula is C78H54BN3O. The molecule has 1 aliphatic carbocycles. The van der Waals surface area contributed by atoms with E-state index in [-0.39, 0.29) is 12.9 Å². The average molecular weight is 1060 g/mol. The molecule has 0 N–H and O–H groups in total. The van der Waals surface area contributed by atoms with Crippen molar-refractivity contribution in [2.24, 2.45) is 0 Å². The molecule has 1 atom stereocenters. The smallest absolute Gasteiger partial charge is 0.333 e. The van der Waals surface area contributed by atoms with Crippen LogP contribution in [0.1, 0.15) is 12.0 Å². The van der Waals surface area contributed by atoms with Gasteiger partial charge in [-0.2, -0.15) is 0 Å². The van der Waals surface area contributed by atoms with Gasteiger partial charge in [-0.3, -0.25) is 0 Å². The molecule has 0 bridgehead atoms. The van der Waals surface area contributed by atoms with E-state index in [0.717, 1.165) is 79.3 Å². The van der Waals surface area contributed by atoms with Crippen LogP contribution in [0, 0.1) is 0 Å². The second-order valence-corrected chi connectivity index (χ2v) is 21.9. The predicted octanol–water partition coefficient (Wildman–Crippen LogP) is 19.5. The fraction of sp³-hybridized carbons (Fsp3) is 0.0256. The molecule has 13 aromatic rings. The highest BCUT2D eigenvalue weighted by molar-refractivity contribution is 6.94. The van der Waals surface area contributed by atoms with Crippen molar-refractivity contribution in [2.75, 3.05) is 14.6 Å². The molecule has 16 rings (SSSR count). The Hall–Kier alpha value is -10.6. The normalized spacial score (nSPS) is 14.0. The first-order chi connectivity index (χ1) is 41.2. The number of allylic oxidation sites excluding steroid dienone is 2. The van der Waals surface area contributed by atoms with Crippen LogP contribution in [-0.2, 0) is 0 Å². The van der Waals surface area contributed by atoms with Crippen LogP contribution < -0.4 is 25.5 Å². The maximum atomic E-state index is 7.27. The fourth-order valence-corrected chi connectivity index (χ4v) is 13.2. The quantitative estimate of drug-likeness (QED) is 0.127. The Morgan fingerprint density at radius 2 is 0.892 bits per heavy atom. The zero-order valence-corrected chi connectivity index (χ0v) is 45.6. The third kappa shape index (κ3) is 8.39. The lowest BCUT2D eigenvalue weighted by Gasteiger charge is -2.46. The highest BCUT2D eigenvalue weighted by Crippen LogP contribution is 2.52. The van der Waals surface area contributed by atoms with Gasteiger partial charge in [0.25, 0.3) is 0 Å². The molecule has 0 saturated carbocycles. The lowest BCUT2D eigenvalue weighted by Crippen LogP contribution is -2.61. The molecular weight excluding hydrogens is 1010 g/mol. The van der Waals surface area contributed by atoms with Gasteiger partial charge in [-0.1, -0.05) is 237 Å². The van der Waals surface area contributed by atoms with Crippen molar-refractivity contribution >= 4 is 85.1 Å². The monoisotopic (exact) mass is 1060 g/mol. The number of anilines is 7. The van der Waals surface area contributed by atoms with Crippen LogP contribution in [-0.4, -0.2) is 12.9 Å². The molecule has 2 aliphatic heterocycles. The van der Waals surface area contributed by atoms with Crippen LogP contribution in [0.25, 0.3) is 83.1 Å². The maximum absolute atomic E-state index is 7.27. The Kier molecular flexibility index (Phi) is 11.7. The van der Waals surface area contributed by atoms with Gasteiger partial charge in [-0.15, -0.1) is 0 Å². The van der Waals surface area contributed by atoms with E-state index in [9.17, 15) is 0 Å². The van der Waals surface area contributed by atoms with Crippen molar-refractivity contribution in [3.8, 4) is 55.6 Å². The number of hydrogen-bond donors (Lipinski definition) is 0. The molecule has 1 aromatic heterocycles. The molecule has 0 saturated heterocycles. The Morgan fingerprint density at radius 3 is 1.48 bits per heavy atom. The van der Waals surface area contributed by atoms with E-state index in [1.165, 1.54) is 66.6 Å². The van der Waals surface area contributed by atoms with E-state index < -0.39 is 0 Å². The van der Waals surface area contributed by atoms with E-state index >= 15 is 0 Å². The number of para-hydroxylation sites is 1. The number of nitrogens with zero attached hydrogens (tertiary/aromatic N) is 3. The summed E-state index contributed by atoms with van der Waals surface area (Å²) in [6, 6.07) is 106. The lowest BCUT2D eigenvalue weighted by molar-refractivity contribution is 0.669. The predicted molar refractivity (Wildman–Crippen MR) is 350 cm³/mol. The van der Waals surface area contributed by atoms with Crippen LogP contribution in [0.2, 0.25) is 0 Å². The second-order valence-electron chi connectivity index (χ2n) is 21.9. The van der Waals surface area contributed by atoms with Crippen LogP contribution in [0.4, 0.5) is 39.8 Å². The third-order valence-corrected chi connectivity index (χ3v) is 17.2. The fourth-order valence-electron chi connectivity index (χ4n) is 13.2. The summed E-state index contributed by atoms with van der Waals surface area (Å²) in [6.45, 7) is -0.263. The van der Waals surface area contributed by atoms with Gasteiger partial charge in [-0.05, 0) is 151 Å². The Balaban J connectivity index is 0.959. The van der Waals surface area contributed by atoms with Crippen LogP contribution in [0.5, 0.6) is 0 Å². The zero-order chi connectivity index (χ0) is 54.8. The molecule has 4 nitrogen and oxygen atoms in total. The molecule has 0 spiro atoms. The van der Waals surface area contributed by atoms with Crippen molar-refractivity contribution in [2.45, 2.75) is 12.5 Å². The first-order valence-electron chi connectivity index (χ1n) is 28.8. The van der Waals surface area contributed by atoms with Gasteiger partial charge in [0, 0.05) is 50.5 Å². The highest BCUT2D eigenvalue weighted by atomic mass is 16.3. The first-order valence-corrected chi connectivity index (χ1v) is 28.8. The molecule has 0 fully saturated rings. The summed E-state index contributed by atoms with van der Waals surface area (Å²) in [5.41, 5.74) is 26.1. The maximum Gasteiger partial charge on any atom is 0.333 e. The van der Waals surface area contributed by atoms with Gasteiger partial charge in [0.2, 0.25) is 0 Å². The topological polar surface area (TPSA) is 22.9 Å². The molecule has 0 radical (unpaired) electrons. The van der Waals surface area contributed by atoms with Crippen LogP contribution in [0.3, 0.4) is 0 Å². The van der Waals surface area contributed by atoms with E-state index in [1.54, 1.807) is 0 Å². The minimum atomic E-state index is -0.263. The molecule has 12 aromatic carbocycles. The highest BCUT2D eigenvalue weighted by Gasteiger charge is 2.47. The van der Waals surface area contributed by atoms with Gasteiger partial charge in [0.05, 0.1) is 11.7 Å². The third-order valence-electron chi connectivity index (χ3n) is 17.2. The van der Waals surface area contributed by atoms with Crippen LogP contribution >= 0.6 is 0 Å². The summed E-state index contributed by atoms with van der Waals surface area (Å²) in [7, 11) is 0. The van der Waals surface area contributed by atoms with Gasteiger partial charge < -0.3 is 19.0 Å². The minimum Gasteiger partial charge on any atom is -0.454 e. The average Bonchev–Trinajstić information content (AvgIpc) is 1.81. The van der Waals surface area contributed by atoms with Crippen molar-refractivity contribution in [3.63, 3.8) is 0 Å². The van der Waals surface area contributed by atoms with Crippen molar-refractivity contribution in [1.29, 1.82) is 0 Å². The summed E-state index contributed by atoms with van der Waals surface area (Å²) in [5.74, 6) is 0. The Bertz CT molecular complexity index is 4620. The summed E-state index contributed by atoms with van der Waals surface area (Å²) >= 11 is 0. The van der Waals surface area contributed by atoms with Gasteiger partial charge >= 0.3 is 6.85 Å². The zero-order valence-electron chi connectivity index (χ0n) is 45.6. The number of rotatable bonds is 10.